The fourth-order valence-corrected chi connectivity index (χ4v) is 2.21. The molecule has 1 amide bonds. The minimum absolute atomic E-state index is 0.139. The van der Waals surface area contributed by atoms with Gasteiger partial charge in [0.1, 0.15) is 17.3 Å². The molecule has 0 aliphatic carbocycles. The van der Waals surface area contributed by atoms with Gasteiger partial charge >= 0.3 is 0 Å². The van der Waals surface area contributed by atoms with Crippen molar-refractivity contribution < 1.29 is 9.53 Å². The number of benzene rings is 1. The van der Waals surface area contributed by atoms with E-state index in [-0.39, 0.29) is 5.69 Å². The highest BCUT2D eigenvalue weighted by Crippen LogP contribution is 2.31. The Morgan fingerprint density at radius 1 is 1.33 bits per heavy atom. The van der Waals surface area contributed by atoms with Crippen LogP contribution in [0.25, 0.3) is 22.4 Å². The summed E-state index contributed by atoms with van der Waals surface area (Å²) >= 11 is 0. The molecule has 0 radical (unpaired) electrons. The van der Waals surface area contributed by atoms with Gasteiger partial charge in [0.05, 0.1) is 23.2 Å². The van der Waals surface area contributed by atoms with E-state index in [4.69, 9.17) is 10.5 Å². The lowest BCUT2D eigenvalue weighted by Gasteiger charge is -2.10. The molecule has 0 aliphatic heterocycles. The average Bonchev–Trinajstić information content (AvgIpc) is 2.90. The van der Waals surface area contributed by atoms with Crippen molar-refractivity contribution >= 4 is 16.9 Å². The van der Waals surface area contributed by atoms with E-state index < -0.39 is 5.91 Å². The molecular formula is C15H14N4O2. The number of amides is 1. The van der Waals surface area contributed by atoms with Gasteiger partial charge < -0.3 is 15.5 Å². The molecule has 0 unspecified atom stereocenters. The topological polar surface area (TPSA) is 93.9 Å². The molecule has 0 saturated heterocycles. The van der Waals surface area contributed by atoms with Crippen LogP contribution in [0.15, 0.2) is 36.5 Å². The Morgan fingerprint density at radius 2 is 2.14 bits per heavy atom. The van der Waals surface area contributed by atoms with Crippen LogP contribution in [0.2, 0.25) is 0 Å². The Hall–Kier alpha value is -2.89. The maximum Gasteiger partial charge on any atom is 0.268 e. The summed E-state index contributed by atoms with van der Waals surface area (Å²) in [4.78, 5) is 23.3. The van der Waals surface area contributed by atoms with Crippen molar-refractivity contribution in [3.8, 4) is 17.1 Å². The van der Waals surface area contributed by atoms with Crippen LogP contribution in [-0.2, 0) is 0 Å². The van der Waals surface area contributed by atoms with Crippen molar-refractivity contribution in [3.05, 3.63) is 42.2 Å². The summed E-state index contributed by atoms with van der Waals surface area (Å²) in [6, 6.07) is 9.29. The Morgan fingerprint density at radius 3 is 2.86 bits per heavy atom. The first-order valence-electron chi connectivity index (χ1n) is 6.57. The van der Waals surface area contributed by atoms with Crippen LogP contribution in [0.4, 0.5) is 0 Å². The number of para-hydroxylation sites is 2. The lowest BCUT2D eigenvalue weighted by Crippen LogP contribution is -2.15. The summed E-state index contributed by atoms with van der Waals surface area (Å²) in [7, 11) is 0. The number of aromatic amines is 1. The summed E-state index contributed by atoms with van der Waals surface area (Å²) < 4.78 is 5.57. The second-order valence-electron chi connectivity index (χ2n) is 4.43. The molecule has 2 aromatic heterocycles. The van der Waals surface area contributed by atoms with Crippen molar-refractivity contribution in [2.45, 2.75) is 6.92 Å². The summed E-state index contributed by atoms with van der Waals surface area (Å²) in [5, 5.41) is 0. The van der Waals surface area contributed by atoms with Gasteiger partial charge in [0.2, 0.25) is 0 Å². The van der Waals surface area contributed by atoms with Crippen LogP contribution in [0.1, 0.15) is 17.4 Å². The van der Waals surface area contributed by atoms with Gasteiger partial charge in [-0.05, 0) is 25.1 Å². The third-order valence-corrected chi connectivity index (χ3v) is 3.07. The van der Waals surface area contributed by atoms with Crippen LogP contribution in [0.5, 0.6) is 5.75 Å². The molecule has 3 aromatic rings. The van der Waals surface area contributed by atoms with Crippen LogP contribution in [-0.4, -0.2) is 27.5 Å². The second-order valence-corrected chi connectivity index (χ2v) is 4.43. The standard InChI is InChI=1S/C15H14N4O2/c1-2-21-11-7-8-17-13(14(16)20)12(11)15-18-9-5-3-4-6-10(9)19-15/h3-8H,2H2,1H3,(H2,16,20)(H,18,19). The molecule has 3 N–H and O–H groups in total. The second kappa shape index (κ2) is 5.24. The maximum absolute atomic E-state index is 11.6. The Labute approximate surface area is 121 Å². The predicted molar refractivity (Wildman–Crippen MR) is 79.0 cm³/mol. The molecule has 0 fully saturated rings. The molecule has 0 saturated carbocycles. The number of carbonyl (C=O) groups excluding carboxylic acids is 1. The fourth-order valence-electron chi connectivity index (χ4n) is 2.21. The number of hydrogen-bond donors (Lipinski definition) is 2. The smallest absolute Gasteiger partial charge is 0.268 e. The number of nitrogens with one attached hydrogen (secondary N) is 1. The number of fused-ring (bicyclic) bond motifs is 1. The zero-order valence-corrected chi connectivity index (χ0v) is 11.5. The van der Waals surface area contributed by atoms with Gasteiger partial charge in [-0.1, -0.05) is 12.1 Å². The fraction of sp³-hybridized carbons (Fsp3) is 0.133. The lowest BCUT2D eigenvalue weighted by atomic mass is 10.1. The Balaban J connectivity index is 2.25. The molecular weight excluding hydrogens is 268 g/mol. The number of imidazole rings is 1. The van der Waals surface area contributed by atoms with E-state index >= 15 is 0 Å². The minimum atomic E-state index is -0.619. The van der Waals surface area contributed by atoms with E-state index in [1.165, 1.54) is 6.20 Å². The van der Waals surface area contributed by atoms with E-state index in [0.29, 0.717) is 23.7 Å². The van der Waals surface area contributed by atoms with Gasteiger partial charge in [-0.2, -0.15) is 0 Å². The third kappa shape index (κ3) is 2.31. The van der Waals surface area contributed by atoms with E-state index in [1.807, 2.05) is 31.2 Å². The highest BCUT2D eigenvalue weighted by Gasteiger charge is 2.20. The van der Waals surface area contributed by atoms with Crippen LogP contribution in [0.3, 0.4) is 0 Å². The number of rotatable bonds is 4. The molecule has 3 rings (SSSR count). The Bertz CT molecular complexity index is 777. The van der Waals surface area contributed by atoms with Gasteiger partial charge in [0, 0.05) is 6.20 Å². The quantitative estimate of drug-likeness (QED) is 0.766. The lowest BCUT2D eigenvalue weighted by molar-refractivity contribution is 0.0995. The zero-order valence-electron chi connectivity index (χ0n) is 11.5. The van der Waals surface area contributed by atoms with E-state index in [1.54, 1.807) is 6.07 Å². The number of primary amides is 1. The zero-order chi connectivity index (χ0) is 14.8. The number of aromatic nitrogens is 3. The largest absolute Gasteiger partial charge is 0.493 e. The molecule has 6 heteroatoms. The first kappa shape index (κ1) is 13.1. The molecule has 6 nitrogen and oxygen atoms in total. The normalized spacial score (nSPS) is 10.7. The summed E-state index contributed by atoms with van der Waals surface area (Å²) in [6.07, 6.45) is 1.50. The van der Waals surface area contributed by atoms with Gasteiger partial charge in [0.15, 0.2) is 0 Å². The number of H-pyrrole nitrogens is 1. The summed E-state index contributed by atoms with van der Waals surface area (Å²) in [5.41, 5.74) is 7.71. The van der Waals surface area contributed by atoms with E-state index in [2.05, 4.69) is 15.0 Å². The molecule has 0 bridgehead atoms. The van der Waals surface area contributed by atoms with Gasteiger partial charge in [0.25, 0.3) is 5.91 Å². The number of pyridine rings is 1. The van der Waals surface area contributed by atoms with Crippen molar-refractivity contribution in [2.24, 2.45) is 5.73 Å². The summed E-state index contributed by atoms with van der Waals surface area (Å²) in [6.45, 7) is 2.34. The number of hydrogen-bond acceptors (Lipinski definition) is 4. The molecule has 2 heterocycles. The number of nitrogens with zero attached hydrogens (tertiary/aromatic N) is 2. The number of carbonyl (C=O) groups is 1. The van der Waals surface area contributed by atoms with Crippen molar-refractivity contribution in [1.29, 1.82) is 0 Å². The van der Waals surface area contributed by atoms with E-state index in [0.717, 1.165) is 11.0 Å². The average molecular weight is 282 g/mol. The van der Waals surface area contributed by atoms with Crippen LogP contribution >= 0.6 is 0 Å². The molecule has 106 valence electrons. The Kier molecular flexibility index (Phi) is 3.27. The van der Waals surface area contributed by atoms with Gasteiger partial charge in [-0.15, -0.1) is 0 Å². The number of nitrogens with two attached hydrogens (primary N) is 1. The first-order valence-corrected chi connectivity index (χ1v) is 6.57. The highest BCUT2D eigenvalue weighted by atomic mass is 16.5. The molecule has 0 spiro atoms. The minimum Gasteiger partial charge on any atom is -0.493 e. The first-order chi connectivity index (χ1) is 10.2. The van der Waals surface area contributed by atoms with Crippen LogP contribution < -0.4 is 10.5 Å². The molecule has 0 aliphatic rings. The third-order valence-electron chi connectivity index (χ3n) is 3.07. The molecule has 1 aromatic carbocycles. The molecule has 0 atom stereocenters. The van der Waals surface area contributed by atoms with E-state index in [9.17, 15) is 4.79 Å². The van der Waals surface area contributed by atoms with Crippen molar-refractivity contribution in [2.75, 3.05) is 6.61 Å². The summed E-state index contributed by atoms with van der Waals surface area (Å²) in [5.74, 6) is 0.425. The van der Waals surface area contributed by atoms with Crippen LogP contribution in [0, 0.1) is 0 Å². The van der Waals surface area contributed by atoms with Crippen molar-refractivity contribution in [3.63, 3.8) is 0 Å². The SMILES string of the molecule is CCOc1ccnc(C(N)=O)c1-c1nc2ccccc2[nH]1. The predicted octanol–water partition coefficient (Wildman–Crippen LogP) is 2.12. The maximum atomic E-state index is 11.6. The number of ether oxygens (including phenoxy) is 1. The van der Waals surface area contributed by atoms with Crippen molar-refractivity contribution in [1.82, 2.24) is 15.0 Å². The molecule has 21 heavy (non-hydrogen) atoms. The highest BCUT2D eigenvalue weighted by molar-refractivity contribution is 5.99. The van der Waals surface area contributed by atoms with Gasteiger partial charge in [-0.25, -0.2) is 4.98 Å². The van der Waals surface area contributed by atoms with Gasteiger partial charge in [-0.3, -0.25) is 9.78 Å². The monoisotopic (exact) mass is 282 g/mol.